The SMILES string of the molecule is CNC(C)c1ccc(S(=O)(=O)N(CCOC)C2CC2)cc1. The summed E-state index contributed by atoms with van der Waals surface area (Å²) in [5, 5.41) is 3.14. The van der Waals surface area contributed by atoms with Crippen molar-refractivity contribution in [3.8, 4) is 0 Å². The molecule has 2 rings (SSSR count). The molecule has 1 aliphatic carbocycles. The normalized spacial score (nSPS) is 17.1. The lowest BCUT2D eigenvalue weighted by atomic mass is 10.1. The summed E-state index contributed by atoms with van der Waals surface area (Å²) in [6.07, 6.45) is 1.88. The molecular formula is C15H24N2O3S. The zero-order valence-corrected chi connectivity index (χ0v) is 13.7. The lowest BCUT2D eigenvalue weighted by Crippen LogP contribution is -2.35. The molecular weight excluding hydrogens is 288 g/mol. The monoisotopic (exact) mass is 312 g/mol. The minimum absolute atomic E-state index is 0.140. The molecule has 0 aromatic heterocycles. The summed E-state index contributed by atoms with van der Waals surface area (Å²) >= 11 is 0. The van der Waals surface area contributed by atoms with E-state index in [1.165, 1.54) is 0 Å². The molecule has 1 atom stereocenters. The maximum absolute atomic E-state index is 12.7. The van der Waals surface area contributed by atoms with E-state index < -0.39 is 10.0 Å². The molecule has 0 heterocycles. The second-order valence-electron chi connectivity index (χ2n) is 5.42. The average Bonchev–Trinajstić information content (AvgIpc) is 3.31. The molecule has 0 radical (unpaired) electrons. The smallest absolute Gasteiger partial charge is 0.243 e. The Kier molecular flexibility index (Phi) is 5.37. The molecule has 1 aromatic rings. The summed E-state index contributed by atoms with van der Waals surface area (Å²) in [5.74, 6) is 0. The zero-order valence-electron chi connectivity index (χ0n) is 12.9. The van der Waals surface area contributed by atoms with Gasteiger partial charge in [-0.05, 0) is 44.5 Å². The number of hydrogen-bond acceptors (Lipinski definition) is 4. The van der Waals surface area contributed by atoms with Gasteiger partial charge >= 0.3 is 0 Å². The third-order valence-corrected chi connectivity index (χ3v) is 5.86. The van der Waals surface area contributed by atoms with E-state index in [4.69, 9.17) is 4.74 Å². The van der Waals surface area contributed by atoms with Crippen LogP contribution >= 0.6 is 0 Å². The minimum atomic E-state index is -3.43. The van der Waals surface area contributed by atoms with Gasteiger partial charge < -0.3 is 10.1 Å². The highest BCUT2D eigenvalue weighted by atomic mass is 32.2. The Hall–Kier alpha value is -0.950. The number of nitrogens with one attached hydrogen (secondary N) is 1. The molecule has 0 aliphatic heterocycles. The third-order valence-electron chi connectivity index (χ3n) is 3.89. The van der Waals surface area contributed by atoms with Crippen LogP contribution in [-0.2, 0) is 14.8 Å². The Balaban J connectivity index is 2.21. The quantitative estimate of drug-likeness (QED) is 0.795. The number of hydrogen-bond donors (Lipinski definition) is 1. The standard InChI is InChI=1S/C15H24N2O3S/c1-12(16-2)13-4-8-15(9-5-13)21(18,19)17(10-11-20-3)14-6-7-14/h4-5,8-9,12,14,16H,6-7,10-11H2,1-3H3. The second kappa shape index (κ2) is 6.87. The maximum atomic E-state index is 12.7. The molecule has 21 heavy (non-hydrogen) atoms. The second-order valence-corrected chi connectivity index (χ2v) is 7.31. The van der Waals surface area contributed by atoms with Crippen molar-refractivity contribution >= 4 is 10.0 Å². The molecule has 1 unspecified atom stereocenters. The Morgan fingerprint density at radius 3 is 2.43 bits per heavy atom. The van der Waals surface area contributed by atoms with Crippen LogP contribution in [0.3, 0.4) is 0 Å². The number of benzene rings is 1. The first-order chi connectivity index (χ1) is 10.0. The molecule has 1 saturated carbocycles. The van der Waals surface area contributed by atoms with Gasteiger partial charge in [-0.1, -0.05) is 12.1 Å². The number of sulfonamides is 1. The molecule has 1 N–H and O–H groups in total. The van der Waals surface area contributed by atoms with Gasteiger partial charge in [0.05, 0.1) is 11.5 Å². The van der Waals surface area contributed by atoms with Crippen LogP contribution in [0.1, 0.15) is 31.4 Å². The van der Waals surface area contributed by atoms with Crippen LogP contribution in [0.25, 0.3) is 0 Å². The molecule has 1 aliphatic rings. The summed E-state index contributed by atoms with van der Waals surface area (Å²) in [6.45, 7) is 2.88. The van der Waals surface area contributed by atoms with Crippen molar-refractivity contribution in [3.63, 3.8) is 0 Å². The maximum Gasteiger partial charge on any atom is 0.243 e. The molecule has 6 heteroatoms. The predicted molar refractivity (Wildman–Crippen MR) is 82.7 cm³/mol. The molecule has 0 bridgehead atoms. The molecule has 0 saturated heterocycles. The van der Waals surface area contributed by atoms with Crippen molar-refractivity contribution in [1.82, 2.24) is 9.62 Å². The highest BCUT2D eigenvalue weighted by Gasteiger charge is 2.37. The first-order valence-corrected chi connectivity index (χ1v) is 8.72. The first kappa shape index (κ1) is 16.4. The third kappa shape index (κ3) is 3.83. The van der Waals surface area contributed by atoms with Crippen LogP contribution in [0.5, 0.6) is 0 Å². The van der Waals surface area contributed by atoms with Gasteiger partial charge in [0.25, 0.3) is 0 Å². The Morgan fingerprint density at radius 1 is 1.33 bits per heavy atom. The number of rotatable bonds is 8. The average molecular weight is 312 g/mol. The van der Waals surface area contributed by atoms with Gasteiger partial charge in [0.2, 0.25) is 10.0 Å². The molecule has 5 nitrogen and oxygen atoms in total. The van der Waals surface area contributed by atoms with Crippen molar-refractivity contribution in [1.29, 1.82) is 0 Å². The lowest BCUT2D eigenvalue weighted by Gasteiger charge is -2.22. The van der Waals surface area contributed by atoms with Crippen LogP contribution in [0.2, 0.25) is 0 Å². The summed E-state index contributed by atoms with van der Waals surface area (Å²) in [4.78, 5) is 0.359. The summed E-state index contributed by atoms with van der Waals surface area (Å²) in [6, 6.07) is 7.47. The fourth-order valence-corrected chi connectivity index (χ4v) is 3.94. The minimum Gasteiger partial charge on any atom is -0.383 e. The van der Waals surface area contributed by atoms with E-state index in [1.54, 1.807) is 23.5 Å². The van der Waals surface area contributed by atoms with Crippen LogP contribution < -0.4 is 5.32 Å². The largest absolute Gasteiger partial charge is 0.383 e. The number of nitrogens with zero attached hydrogens (tertiary/aromatic N) is 1. The molecule has 1 aromatic carbocycles. The molecule has 1 fully saturated rings. The fourth-order valence-electron chi connectivity index (χ4n) is 2.27. The number of methoxy groups -OCH3 is 1. The van der Waals surface area contributed by atoms with E-state index in [0.717, 1.165) is 18.4 Å². The highest BCUT2D eigenvalue weighted by molar-refractivity contribution is 7.89. The van der Waals surface area contributed by atoms with Gasteiger partial charge in [-0.2, -0.15) is 4.31 Å². The van der Waals surface area contributed by atoms with E-state index in [-0.39, 0.29) is 12.1 Å². The van der Waals surface area contributed by atoms with Gasteiger partial charge in [0, 0.05) is 25.7 Å². The van der Waals surface area contributed by atoms with Crippen molar-refractivity contribution in [2.24, 2.45) is 0 Å². The van der Waals surface area contributed by atoms with E-state index in [1.807, 2.05) is 26.1 Å². The van der Waals surface area contributed by atoms with Crippen molar-refractivity contribution in [2.45, 2.75) is 36.7 Å². The van der Waals surface area contributed by atoms with E-state index >= 15 is 0 Å². The summed E-state index contributed by atoms with van der Waals surface area (Å²) < 4.78 is 32.1. The summed E-state index contributed by atoms with van der Waals surface area (Å²) in [7, 11) is 0.0464. The Labute approximate surface area is 127 Å². The van der Waals surface area contributed by atoms with Crippen molar-refractivity contribution in [3.05, 3.63) is 29.8 Å². The van der Waals surface area contributed by atoms with Gasteiger partial charge in [-0.3, -0.25) is 0 Å². The Bertz CT molecular complexity index is 553. The molecule has 0 amide bonds. The molecule has 118 valence electrons. The van der Waals surface area contributed by atoms with E-state index in [9.17, 15) is 8.42 Å². The Morgan fingerprint density at radius 2 is 1.95 bits per heavy atom. The molecule has 0 spiro atoms. The predicted octanol–water partition coefficient (Wildman–Crippen LogP) is 1.77. The zero-order chi connectivity index (χ0) is 15.5. The van der Waals surface area contributed by atoms with Gasteiger partial charge in [-0.25, -0.2) is 8.42 Å². The van der Waals surface area contributed by atoms with Gasteiger partial charge in [0.15, 0.2) is 0 Å². The van der Waals surface area contributed by atoms with Gasteiger partial charge in [0.1, 0.15) is 0 Å². The topological polar surface area (TPSA) is 58.6 Å². The van der Waals surface area contributed by atoms with Crippen LogP contribution in [0, 0.1) is 0 Å². The van der Waals surface area contributed by atoms with E-state index in [2.05, 4.69) is 5.32 Å². The van der Waals surface area contributed by atoms with Crippen LogP contribution in [0.15, 0.2) is 29.2 Å². The van der Waals surface area contributed by atoms with Crippen LogP contribution in [-0.4, -0.2) is 46.1 Å². The number of ether oxygens (including phenoxy) is 1. The first-order valence-electron chi connectivity index (χ1n) is 7.28. The highest BCUT2D eigenvalue weighted by Crippen LogP contribution is 2.32. The van der Waals surface area contributed by atoms with Crippen molar-refractivity contribution < 1.29 is 13.2 Å². The lowest BCUT2D eigenvalue weighted by molar-refractivity contribution is 0.177. The fraction of sp³-hybridized carbons (Fsp3) is 0.600. The summed E-state index contributed by atoms with van der Waals surface area (Å²) in [5.41, 5.74) is 1.08. The van der Waals surface area contributed by atoms with E-state index in [0.29, 0.717) is 18.0 Å². The van der Waals surface area contributed by atoms with Gasteiger partial charge in [-0.15, -0.1) is 0 Å². The van der Waals surface area contributed by atoms with Crippen molar-refractivity contribution in [2.75, 3.05) is 27.3 Å². The van der Waals surface area contributed by atoms with Crippen LogP contribution in [0.4, 0.5) is 0 Å².